The Kier molecular flexibility index (Phi) is 5.29. The van der Waals surface area contributed by atoms with Crippen molar-refractivity contribution in [1.82, 2.24) is 15.5 Å². The second-order valence-corrected chi connectivity index (χ2v) is 8.20. The Labute approximate surface area is 129 Å². The molecule has 0 saturated carbocycles. The van der Waals surface area contributed by atoms with Crippen molar-refractivity contribution in [2.45, 2.75) is 56.7 Å². The first-order valence-corrected chi connectivity index (χ1v) is 9.84. The Morgan fingerprint density at radius 3 is 2.52 bits per heavy atom. The first-order chi connectivity index (χ1) is 10.2. The van der Waals surface area contributed by atoms with E-state index < -0.39 is 10.8 Å². The van der Waals surface area contributed by atoms with Crippen molar-refractivity contribution < 1.29 is 9.00 Å². The summed E-state index contributed by atoms with van der Waals surface area (Å²) in [5.74, 6) is 1.70. The monoisotopic (exact) mass is 313 g/mol. The summed E-state index contributed by atoms with van der Waals surface area (Å²) in [6.45, 7) is 3.21. The highest BCUT2D eigenvalue weighted by molar-refractivity contribution is 7.85. The third kappa shape index (κ3) is 3.85. The smallest absolute Gasteiger partial charge is 0.237 e. The Morgan fingerprint density at radius 2 is 1.81 bits per heavy atom. The van der Waals surface area contributed by atoms with E-state index in [4.69, 9.17) is 0 Å². The van der Waals surface area contributed by atoms with Crippen LogP contribution in [0, 0.1) is 0 Å². The van der Waals surface area contributed by atoms with Crippen LogP contribution in [0.5, 0.6) is 0 Å². The second kappa shape index (κ2) is 7.20. The van der Waals surface area contributed by atoms with Crippen molar-refractivity contribution in [3.63, 3.8) is 0 Å². The Bertz CT molecular complexity index is 388. The van der Waals surface area contributed by atoms with Crippen molar-refractivity contribution in [2.75, 3.05) is 31.1 Å². The molecule has 0 radical (unpaired) electrons. The molecule has 0 spiro atoms. The fourth-order valence-corrected chi connectivity index (χ4v) is 5.18. The Balaban J connectivity index is 1.54. The number of nitrogens with zero attached hydrogens (tertiary/aromatic N) is 1. The molecule has 0 aromatic carbocycles. The molecule has 0 aromatic heterocycles. The highest BCUT2D eigenvalue weighted by Crippen LogP contribution is 2.25. The number of hydrogen-bond donors (Lipinski definition) is 2. The van der Waals surface area contributed by atoms with E-state index in [-0.39, 0.29) is 18.0 Å². The molecule has 6 heteroatoms. The molecule has 3 aliphatic rings. The zero-order valence-electron chi connectivity index (χ0n) is 12.7. The van der Waals surface area contributed by atoms with Gasteiger partial charge in [-0.1, -0.05) is 0 Å². The molecule has 21 heavy (non-hydrogen) atoms. The van der Waals surface area contributed by atoms with Gasteiger partial charge in [-0.05, 0) is 58.2 Å². The lowest BCUT2D eigenvalue weighted by atomic mass is 10.0. The zero-order chi connectivity index (χ0) is 14.7. The van der Waals surface area contributed by atoms with Crippen molar-refractivity contribution >= 4 is 16.7 Å². The van der Waals surface area contributed by atoms with Gasteiger partial charge in [-0.2, -0.15) is 0 Å². The first-order valence-electron chi connectivity index (χ1n) is 8.36. The number of carbonyl (C=O) groups is 1. The maximum atomic E-state index is 12.6. The number of piperidine rings is 1. The minimum Gasteiger partial charge on any atom is -0.352 e. The van der Waals surface area contributed by atoms with Gasteiger partial charge in [-0.15, -0.1) is 0 Å². The van der Waals surface area contributed by atoms with Gasteiger partial charge in [0, 0.05) is 34.4 Å². The van der Waals surface area contributed by atoms with Gasteiger partial charge in [0.05, 0.1) is 6.04 Å². The van der Waals surface area contributed by atoms with Crippen molar-refractivity contribution in [3.8, 4) is 0 Å². The third-order valence-corrected chi connectivity index (χ3v) is 6.49. The van der Waals surface area contributed by atoms with Crippen molar-refractivity contribution in [3.05, 3.63) is 0 Å². The molecule has 3 saturated heterocycles. The fraction of sp³-hybridized carbons (Fsp3) is 0.933. The van der Waals surface area contributed by atoms with Crippen LogP contribution in [0.2, 0.25) is 0 Å². The van der Waals surface area contributed by atoms with Crippen LogP contribution in [0.25, 0.3) is 0 Å². The van der Waals surface area contributed by atoms with Gasteiger partial charge in [-0.25, -0.2) is 0 Å². The molecule has 5 nitrogen and oxygen atoms in total. The van der Waals surface area contributed by atoms with Gasteiger partial charge in [-0.3, -0.25) is 13.9 Å². The summed E-state index contributed by atoms with van der Waals surface area (Å²) in [4.78, 5) is 15.0. The number of hydrogen-bond acceptors (Lipinski definition) is 4. The molecule has 0 aromatic rings. The van der Waals surface area contributed by atoms with Crippen LogP contribution in [-0.4, -0.2) is 64.3 Å². The van der Waals surface area contributed by atoms with Gasteiger partial charge in [0.15, 0.2) is 0 Å². The minimum absolute atomic E-state index is 0.0699. The third-order valence-electron chi connectivity index (χ3n) is 5.11. The molecule has 0 bridgehead atoms. The summed E-state index contributed by atoms with van der Waals surface area (Å²) in [7, 11) is -0.657. The number of amides is 1. The first kappa shape index (κ1) is 15.4. The predicted molar refractivity (Wildman–Crippen MR) is 84.7 cm³/mol. The van der Waals surface area contributed by atoms with E-state index >= 15 is 0 Å². The Morgan fingerprint density at radius 1 is 1.10 bits per heavy atom. The number of nitrogens with one attached hydrogen (secondary N) is 2. The van der Waals surface area contributed by atoms with Crippen LogP contribution < -0.4 is 10.6 Å². The summed E-state index contributed by atoms with van der Waals surface area (Å²) in [6, 6.07) is 0.884. The summed E-state index contributed by atoms with van der Waals surface area (Å²) in [5, 5.41) is 6.62. The largest absolute Gasteiger partial charge is 0.352 e. The number of carbonyl (C=O) groups excluding carboxylic acids is 1. The maximum absolute atomic E-state index is 12.6. The van der Waals surface area contributed by atoms with E-state index in [1.165, 1.54) is 0 Å². The minimum atomic E-state index is -0.657. The molecular formula is C15H27N3O2S. The fourth-order valence-electron chi connectivity index (χ4n) is 3.88. The van der Waals surface area contributed by atoms with Crippen LogP contribution in [0.1, 0.15) is 38.5 Å². The van der Waals surface area contributed by atoms with Gasteiger partial charge >= 0.3 is 0 Å². The SMILES string of the molecule is O=C(NC1CCS(=O)CC1)C1CCCN1C1CCNCC1. The molecule has 3 fully saturated rings. The molecule has 1 unspecified atom stereocenters. The second-order valence-electron chi connectivity index (χ2n) is 6.51. The van der Waals surface area contributed by atoms with Gasteiger partial charge < -0.3 is 10.6 Å². The van der Waals surface area contributed by atoms with Gasteiger partial charge in [0.25, 0.3) is 0 Å². The normalized spacial score (nSPS) is 35.7. The standard InChI is InChI=1S/C15H27N3O2S/c19-15(17-12-5-10-21(20)11-6-12)14-2-1-9-18(14)13-3-7-16-8-4-13/h12-14,16H,1-11H2,(H,17,19). The van der Waals surface area contributed by atoms with Crippen LogP contribution >= 0.6 is 0 Å². The molecule has 1 amide bonds. The van der Waals surface area contributed by atoms with E-state index in [9.17, 15) is 9.00 Å². The Hall–Kier alpha value is -0.460. The number of likely N-dealkylation sites (tertiary alicyclic amines) is 1. The molecular weight excluding hydrogens is 286 g/mol. The van der Waals surface area contributed by atoms with Crippen LogP contribution in [0.15, 0.2) is 0 Å². The average Bonchev–Trinajstić information content (AvgIpc) is 3.00. The van der Waals surface area contributed by atoms with Crippen LogP contribution in [-0.2, 0) is 15.6 Å². The molecule has 1 atom stereocenters. The summed E-state index contributed by atoms with van der Waals surface area (Å²) < 4.78 is 11.4. The van der Waals surface area contributed by atoms with Crippen molar-refractivity contribution in [2.24, 2.45) is 0 Å². The van der Waals surface area contributed by atoms with Crippen LogP contribution in [0.3, 0.4) is 0 Å². The maximum Gasteiger partial charge on any atom is 0.237 e. The lowest BCUT2D eigenvalue weighted by Crippen LogP contribution is -2.53. The van der Waals surface area contributed by atoms with E-state index in [1.807, 2.05) is 0 Å². The lowest BCUT2D eigenvalue weighted by molar-refractivity contribution is -0.127. The average molecular weight is 313 g/mol. The molecule has 2 N–H and O–H groups in total. The highest BCUT2D eigenvalue weighted by Gasteiger charge is 2.36. The van der Waals surface area contributed by atoms with Gasteiger partial charge in [0.1, 0.15) is 0 Å². The summed E-state index contributed by atoms with van der Waals surface area (Å²) in [6.07, 6.45) is 6.19. The van der Waals surface area contributed by atoms with Gasteiger partial charge in [0.2, 0.25) is 5.91 Å². The van der Waals surface area contributed by atoms with E-state index in [1.54, 1.807) is 0 Å². The van der Waals surface area contributed by atoms with E-state index in [2.05, 4.69) is 15.5 Å². The van der Waals surface area contributed by atoms with E-state index in [0.717, 1.165) is 69.7 Å². The molecule has 3 aliphatic heterocycles. The molecule has 120 valence electrons. The van der Waals surface area contributed by atoms with Crippen LogP contribution in [0.4, 0.5) is 0 Å². The topological polar surface area (TPSA) is 61.4 Å². The lowest BCUT2D eigenvalue weighted by Gasteiger charge is -2.36. The number of rotatable bonds is 3. The quantitative estimate of drug-likeness (QED) is 0.783. The molecule has 3 rings (SSSR count). The molecule has 3 heterocycles. The highest BCUT2D eigenvalue weighted by atomic mass is 32.2. The summed E-state index contributed by atoms with van der Waals surface area (Å²) >= 11 is 0. The predicted octanol–water partition coefficient (Wildman–Crippen LogP) is 0.230. The van der Waals surface area contributed by atoms with E-state index in [0.29, 0.717) is 6.04 Å². The molecule has 0 aliphatic carbocycles. The summed E-state index contributed by atoms with van der Waals surface area (Å²) in [5.41, 5.74) is 0. The zero-order valence-corrected chi connectivity index (χ0v) is 13.5. The van der Waals surface area contributed by atoms with Crippen molar-refractivity contribution in [1.29, 1.82) is 0 Å².